The molecule has 0 aliphatic carbocycles. The smallest absolute Gasteiger partial charge is 0.237 e. The number of nitrogens with one attached hydrogen (secondary N) is 4. The number of hydrogen-bond donors (Lipinski definition) is 4. The standard InChI is InChI=1S/C24H40N4O2/c1-17(2)21-23(29)25-13-7-5-6-8-14-26-24(30)22(18(3)4)28-16-20-11-9-19(10-12-20)15-27-21/h9-12,17-18,21-22,27-28H,5-8,13-16H2,1-4H3,(H,25,29)(H,26,30)/t21-,22-/m0/s1. The minimum atomic E-state index is -0.195. The summed E-state index contributed by atoms with van der Waals surface area (Å²) < 4.78 is 0. The van der Waals surface area contributed by atoms with Gasteiger partial charge >= 0.3 is 0 Å². The van der Waals surface area contributed by atoms with Crippen molar-refractivity contribution >= 4 is 11.8 Å². The molecular weight excluding hydrogens is 376 g/mol. The van der Waals surface area contributed by atoms with E-state index in [9.17, 15) is 9.59 Å². The average Bonchev–Trinajstić information content (AvgIpc) is 2.70. The molecule has 4 N–H and O–H groups in total. The second-order valence-corrected chi connectivity index (χ2v) is 9.02. The van der Waals surface area contributed by atoms with E-state index in [1.165, 1.54) is 0 Å². The van der Waals surface area contributed by atoms with Gasteiger partial charge in [-0.05, 0) is 35.8 Å². The summed E-state index contributed by atoms with van der Waals surface area (Å²) in [5.41, 5.74) is 2.29. The lowest BCUT2D eigenvalue weighted by Gasteiger charge is -2.23. The van der Waals surface area contributed by atoms with E-state index in [4.69, 9.17) is 0 Å². The molecule has 1 aromatic carbocycles. The molecule has 2 bridgehead atoms. The van der Waals surface area contributed by atoms with Crippen LogP contribution in [-0.2, 0) is 22.7 Å². The summed E-state index contributed by atoms with van der Waals surface area (Å²) in [5, 5.41) is 13.0. The fraction of sp³-hybridized carbons (Fsp3) is 0.667. The fourth-order valence-corrected chi connectivity index (χ4v) is 3.74. The third-order valence-electron chi connectivity index (χ3n) is 5.68. The summed E-state index contributed by atoms with van der Waals surface area (Å²) in [4.78, 5) is 25.2. The second kappa shape index (κ2) is 12.7. The number of benzene rings is 1. The quantitative estimate of drug-likeness (QED) is 0.597. The van der Waals surface area contributed by atoms with Crippen LogP contribution in [0.5, 0.6) is 0 Å². The lowest BCUT2D eigenvalue weighted by molar-refractivity contribution is -0.125. The van der Waals surface area contributed by atoms with E-state index in [-0.39, 0.29) is 35.7 Å². The van der Waals surface area contributed by atoms with Gasteiger partial charge in [-0.3, -0.25) is 9.59 Å². The molecule has 3 rings (SSSR count). The SMILES string of the molecule is CC(C)[C@@H]1NCc2ccc(cc2)CN[C@@H](C(C)C)C(=O)NCCCCCCNC1=O. The van der Waals surface area contributed by atoms with Crippen molar-refractivity contribution in [3.05, 3.63) is 35.4 Å². The molecule has 2 aliphatic rings. The maximum atomic E-state index is 12.6. The third-order valence-corrected chi connectivity index (χ3v) is 5.68. The van der Waals surface area contributed by atoms with Crippen LogP contribution in [0, 0.1) is 11.8 Å². The van der Waals surface area contributed by atoms with Crippen LogP contribution in [0.3, 0.4) is 0 Å². The molecule has 2 atom stereocenters. The minimum Gasteiger partial charge on any atom is -0.355 e. The zero-order valence-corrected chi connectivity index (χ0v) is 19.1. The summed E-state index contributed by atoms with van der Waals surface area (Å²) >= 11 is 0. The molecule has 0 unspecified atom stereocenters. The zero-order chi connectivity index (χ0) is 21.9. The number of rotatable bonds is 2. The first-order valence-corrected chi connectivity index (χ1v) is 11.5. The second-order valence-electron chi connectivity index (χ2n) is 9.02. The van der Waals surface area contributed by atoms with Crippen LogP contribution in [0.4, 0.5) is 0 Å². The summed E-state index contributed by atoms with van der Waals surface area (Å²) in [6.45, 7) is 11.0. The van der Waals surface area contributed by atoms with Gasteiger partial charge in [-0.15, -0.1) is 0 Å². The van der Waals surface area contributed by atoms with Gasteiger partial charge in [0.25, 0.3) is 0 Å². The van der Waals surface area contributed by atoms with Crippen molar-refractivity contribution in [2.75, 3.05) is 13.1 Å². The Bertz CT molecular complexity index is 601. The molecule has 1 aromatic rings. The molecule has 0 spiro atoms. The third kappa shape index (κ3) is 8.07. The van der Waals surface area contributed by atoms with E-state index < -0.39 is 0 Å². The Morgan fingerprint density at radius 1 is 0.667 bits per heavy atom. The number of carbonyl (C=O) groups is 2. The monoisotopic (exact) mass is 416 g/mol. The Balaban J connectivity index is 2.07. The van der Waals surface area contributed by atoms with Gasteiger partial charge in [-0.2, -0.15) is 0 Å². The van der Waals surface area contributed by atoms with Gasteiger partial charge in [0.1, 0.15) is 0 Å². The van der Waals surface area contributed by atoms with E-state index >= 15 is 0 Å². The summed E-state index contributed by atoms with van der Waals surface area (Å²) in [6, 6.07) is 7.95. The predicted molar refractivity (Wildman–Crippen MR) is 122 cm³/mol. The van der Waals surface area contributed by atoms with Crippen molar-refractivity contribution in [3.63, 3.8) is 0 Å². The molecule has 6 nitrogen and oxygen atoms in total. The van der Waals surface area contributed by atoms with Crippen molar-refractivity contribution < 1.29 is 9.59 Å². The lowest BCUT2D eigenvalue weighted by atomic mass is 10.0. The van der Waals surface area contributed by atoms with Crippen LogP contribution >= 0.6 is 0 Å². The van der Waals surface area contributed by atoms with Crippen LogP contribution in [-0.4, -0.2) is 37.0 Å². The van der Waals surface area contributed by atoms with Crippen LogP contribution in [0.25, 0.3) is 0 Å². The van der Waals surface area contributed by atoms with E-state index in [2.05, 4.69) is 73.2 Å². The summed E-state index contributed by atoms with van der Waals surface area (Å²) in [6.07, 6.45) is 4.02. The Kier molecular flexibility index (Phi) is 10.3. The van der Waals surface area contributed by atoms with Crippen molar-refractivity contribution in [1.82, 2.24) is 21.3 Å². The normalized spacial score (nSPS) is 23.3. The van der Waals surface area contributed by atoms with E-state index in [1.54, 1.807) is 0 Å². The van der Waals surface area contributed by atoms with Crippen LogP contribution in [0.1, 0.15) is 64.5 Å². The van der Waals surface area contributed by atoms with Gasteiger partial charge in [-0.25, -0.2) is 0 Å². The number of carbonyl (C=O) groups excluding carboxylic acids is 2. The molecule has 168 valence electrons. The zero-order valence-electron chi connectivity index (χ0n) is 19.1. The first kappa shape index (κ1) is 24.4. The van der Waals surface area contributed by atoms with Gasteiger partial charge in [0.2, 0.25) is 11.8 Å². The highest BCUT2D eigenvalue weighted by atomic mass is 16.2. The summed E-state index contributed by atoms with van der Waals surface area (Å²) in [5.74, 6) is 0.602. The first-order chi connectivity index (χ1) is 14.4. The Labute approximate surface area is 182 Å². The Morgan fingerprint density at radius 2 is 1.03 bits per heavy atom. The maximum Gasteiger partial charge on any atom is 0.237 e. The van der Waals surface area contributed by atoms with E-state index in [0.29, 0.717) is 26.2 Å². The Morgan fingerprint density at radius 3 is 1.37 bits per heavy atom. The molecule has 0 saturated heterocycles. The van der Waals surface area contributed by atoms with Gasteiger partial charge in [0, 0.05) is 26.2 Å². The van der Waals surface area contributed by atoms with Crippen molar-refractivity contribution in [1.29, 1.82) is 0 Å². The molecule has 0 radical (unpaired) electrons. The van der Waals surface area contributed by atoms with Crippen molar-refractivity contribution in [2.45, 2.75) is 78.6 Å². The lowest BCUT2D eigenvalue weighted by Crippen LogP contribution is -2.47. The molecule has 6 heteroatoms. The molecule has 2 amide bonds. The predicted octanol–water partition coefficient (Wildman–Crippen LogP) is 2.72. The molecule has 2 aliphatic heterocycles. The highest BCUT2D eigenvalue weighted by molar-refractivity contribution is 5.82. The van der Waals surface area contributed by atoms with E-state index in [0.717, 1.165) is 36.8 Å². The van der Waals surface area contributed by atoms with Crippen LogP contribution in [0.15, 0.2) is 24.3 Å². The number of hydrogen-bond acceptors (Lipinski definition) is 4. The maximum absolute atomic E-state index is 12.6. The van der Waals surface area contributed by atoms with E-state index in [1.807, 2.05) is 0 Å². The van der Waals surface area contributed by atoms with Gasteiger partial charge in [0.15, 0.2) is 0 Å². The molecule has 2 heterocycles. The first-order valence-electron chi connectivity index (χ1n) is 11.5. The van der Waals surface area contributed by atoms with Gasteiger partial charge in [-0.1, -0.05) is 64.8 Å². The van der Waals surface area contributed by atoms with Gasteiger partial charge in [0.05, 0.1) is 12.1 Å². The molecule has 0 aromatic heterocycles. The summed E-state index contributed by atoms with van der Waals surface area (Å²) in [7, 11) is 0. The highest BCUT2D eigenvalue weighted by Crippen LogP contribution is 2.10. The van der Waals surface area contributed by atoms with Gasteiger partial charge < -0.3 is 21.3 Å². The van der Waals surface area contributed by atoms with Crippen LogP contribution in [0.2, 0.25) is 0 Å². The molecular formula is C24H40N4O2. The average molecular weight is 417 g/mol. The number of amides is 2. The molecule has 0 fully saturated rings. The fourth-order valence-electron chi connectivity index (χ4n) is 3.74. The van der Waals surface area contributed by atoms with Crippen molar-refractivity contribution in [2.24, 2.45) is 11.8 Å². The van der Waals surface area contributed by atoms with Crippen LogP contribution < -0.4 is 21.3 Å². The Hall–Kier alpha value is -1.92. The topological polar surface area (TPSA) is 82.3 Å². The number of fused-ring (bicyclic) bond motifs is 17. The van der Waals surface area contributed by atoms with Crippen molar-refractivity contribution in [3.8, 4) is 0 Å². The molecule has 0 saturated carbocycles. The minimum absolute atomic E-state index is 0.0761. The largest absolute Gasteiger partial charge is 0.355 e. The molecule has 30 heavy (non-hydrogen) atoms. The highest BCUT2D eigenvalue weighted by Gasteiger charge is 2.22.